The lowest BCUT2D eigenvalue weighted by atomic mass is 10.0. The Balaban J connectivity index is 1.80. The van der Waals surface area contributed by atoms with Crippen LogP contribution in [0.5, 0.6) is 0 Å². The van der Waals surface area contributed by atoms with Gasteiger partial charge in [0, 0.05) is 22.1 Å². The van der Waals surface area contributed by atoms with Gasteiger partial charge in [-0.1, -0.05) is 34.1 Å². The molecular formula is C17H16BrNO. The van der Waals surface area contributed by atoms with Crippen LogP contribution in [0.3, 0.4) is 0 Å². The Morgan fingerprint density at radius 3 is 2.45 bits per heavy atom. The van der Waals surface area contributed by atoms with Crippen LogP contribution in [0.4, 0.5) is 0 Å². The van der Waals surface area contributed by atoms with Gasteiger partial charge in [0.15, 0.2) is 5.78 Å². The van der Waals surface area contributed by atoms with E-state index >= 15 is 0 Å². The molecule has 1 fully saturated rings. The van der Waals surface area contributed by atoms with Crippen molar-refractivity contribution in [3.63, 3.8) is 0 Å². The third-order valence-electron chi connectivity index (χ3n) is 3.65. The standard InChI is InChI=1S/C17H16BrNO/c18-16-7-5-14(6-8-16)17(20)15-4-1-3-13(11-15)12-19-9-2-10-19/h1,3-8,11H,2,9-10,12H2. The molecule has 2 aromatic carbocycles. The van der Waals surface area contributed by atoms with E-state index in [0.717, 1.165) is 22.1 Å². The van der Waals surface area contributed by atoms with Crippen LogP contribution >= 0.6 is 15.9 Å². The van der Waals surface area contributed by atoms with Crippen LogP contribution in [0, 0.1) is 0 Å². The molecule has 3 heteroatoms. The number of halogens is 1. The Morgan fingerprint density at radius 1 is 1.05 bits per heavy atom. The van der Waals surface area contributed by atoms with Gasteiger partial charge in [0.05, 0.1) is 0 Å². The Morgan fingerprint density at radius 2 is 1.80 bits per heavy atom. The van der Waals surface area contributed by atoms with E-state index in [9.17, 15) is 4.79 Å². The van der Waals surface area contributed by atoms with Crippen molar-refractivity contribution in [1.29, 1.82) is 0 Å². The highest BCUT2D eigenvalue weighted by molar-refractivity contribution is 9.10. The second-order valence-electron chi connectivity index (χ2n) is 5.17. The Labute approximate surface area is 127 Å². The minimum absolute atomic E-state index is 0.0861. The number of nitrogens with zero attached hydrogens (tertiary/aromatic N) is 1. The Bertz CT molecular complexity index is 617. The second-order valence-corrected chi connectivity index (χ2v) is 6.08. The van der Waals surface area contributed by atoms with E-state index in [1.165, 1.54) is 25.1 Å². The molecule has 0 N–H and O–H groups in total. The van der Waals surface area contributed by atoms with Crippen molar-refractivity contribution < 1.29 is 4.79 Å². The first-order valence-corrected chi connectivity index (χ1v) is 7.63. The van der Waals surface area contributed by atoms with Gasteiger partial charge in [-0.25, -0.2) is 0 Å². The molecule has 0 unspecified atom stereocenters. The molecule has 0 amide bonds. The highest BCUT2D eigenvalue weighted by Gasteiger charge is 2.15. The summed E-state index contributed by atoms with van der Waals surface area (Å²) in [6.45, 7) is 3.29. The zero-order valence-corrected chi connectivity index (χ0v) is 12.8. The minimum atomic E-state index is 0.0861. The molecule has 1 saturated heterocycles. The number of likely N-dealkylation sites (tertiary alicyclic amines) is 1. The largest absolute Gasteiger partial charge is 0.299 e. The summed E-state index contributed by atoms with van der Waals surface area (Å²) in [6, 6.07) is 15.5. The molecule has 0 spiro atoms. The van der Waals surface area contributed by atoms with Gasteiger partial charge in [-0.15, -0.1) is 0 Å². The summed E-state index contributed by atoms with van der Waals surface area (Å²) in [7, 11) is 0. The predicted octanol–water partition coefficient (Wildman–Crippen LogP) is 3.89. The summed E-state index contributed by atoms with van der Waals surface area (Å²) in [5.74, 6) is 0.0861. The van der Waals surface area contributed by atoms with Gasteiger partial charge >= 0.3 is 0 Å². The summed E-state index contributed by atoms with van der Waals surface area (Å²) in [4.78, 5) is 14.8. The first-order valence-electron chi connectivity index (χ1n) is 6.84. The first kappa shape index (κ1) is 13.5. The van der Waals surface area contributed by atoms with E-state index in [1.807, 2.05) is 42.5 Å². The lowest BCUT2D eigenvalue weighted by Gasteiger charge is -2.30. The molecule has 0 bridgehead atoms. The molecule has 0 saturated carbocycles. The molecule has 2 aromatic rings. The molecule has 1 aliphatic heterocycles. The number of hydrogen-bond donors (Lipinski definition) is 0. The summed E-state index contributed by atoms with van der Waals surface area (Å²) < 4.78 is 0.987. The topological polar surface area (TPSA) is 20.3 Å². The number of ketones is 1. The molecule has 3 rings (SSSR count). The maximum absolute atomic E-state index is 12.5. The maximum Gasteiger partial charge on any atom is 0.193 e. The molecule has 0 aliphatic carbocycles. The van der Waals surface area contributed by atoms with Crippen LogP contribution in [0.15, 0.2) is 53.0 Å². The SMILES string of the molecule is O=C(c1ccc(Br)cc1)c1cccc(CN2CCC2)c1. The number of carbonyl (C=O) groups is 1. The third-order valence-corrected chi connectivity index (χ3v) is 4.18. The summed E-state index contributed by atoms with van der Waals surface area (Å²) in [6.07, 6.45) is 1.29. The van der Waals surface area contributed by atoms with Crippen molar-refractivity contribution in [1.82, 2.24) is 4.90 Å². The monoisotopic (exact) mass is 329 g/mol. The maximum atomic E-state index is 12.5. The van der Waals surface area contributed by atoms with Crippen molar-refractivity contribution in [3.8, 4) is 0 Å². The van der Waals surface area contributed by atoms with Gasteiger partial charge in [-0.05, 0) is 55.4 Å². The van der Waals surface area contributed by atoms with Crippen molar-refractivity contribution in [2.45, 2.75) is 13.0 Å². The average molecular weight is 330 g/mol. The summed E-state index contributed by atoms with van der Waals surface area (Å²) >= 11 is 3.39. The normalized spacial score (nSPS) is 14.8. The number of benzene rings is 2. The fourth-order valence-corrected chi connectivity index (χ4v) is 2.64. The molecular weight excluding hydrogens is 314 g/mol. The number of hydrogen-bond acceptors (Lipinski definition) is 2. The van der Waals surface area contributed by atoms with Crippen molar-refractivity contribution in [2.24, 2.45) is 0 Å². The number of carbonyl (C=O) groups excluding carboxylic acids is 1. The van der Waals surface area contributed by atoms with E-state index in [0.29, 0.717) is 0 Å². The molecule has 2 nitrogen and oxygen atoms in total. The Hall–Kier alpha value is -1.45. The van der Waals surface area contributed by atoms with Gasteiger partial charge in [0.1, 0.15) is 0 Å². The van der Waals surface area contributed by atoms with E-state index in [4.69, 9.17) is 0 Å². The zero-order chi connectivity index (χ0) is 13.9. The van der Waals surface area contributed by atoms with Crippen molar-refractivity contribution in [2.75, 3.05) is 13.1 Å². The highest BCUT2D eigenvalue weighted by atomic mass is 79.9. The quantitative estimate of drug-likeness (QED) is 0.793. The lowest BCUT2D eigenvalue weighted by Crippen LogP contribution is -2.36. The predicted molar refractivity (Wildman–Crippen MR) is 83.9 cm³/mol. The fraction of sp³-hybridized carbons (Fsp3) is 0.235. The van der Waals surface area contributed by atoms with E-state index in [1.54, 1.807) is 0 Å². The van der Waals surface area contributed by atoms with Gasteiger partial charge in [-0.3, -0.25) is 9.69 Å². The van der Waals surface area contributed by atoms with Crippen molar-refractivity contribution in [3.05, 3.63) is 69.7 Å². The van der Waals surface area contributed by atoms with Crippen LogP contribution in [0.1, 0.15) is 27.9 Å². The van der Waals surface area contributed by atoms with E-state index < -0.39 is 0 Å². The molecule has 1 aliphatic rings. The van der Waals surface area contributed by atoms with Gasteiger partial charge in [0.25, 0.3) is 0 Å². The summed E-state index contributed by atoms with van der Waals surface area (Å²) in [5, 5.41) is 0. The van der Waals surface area contributed by atoms with Crippen LogP contribution < -0.4 is 0 Å². The fourth-order valence-electron chi connectivity index (χ4n) is 2.38. The van der Waals surface area contributed by atoms with Crippen LogP contribution in [0.2, 0.25) is 0 Å². The first-order chi connectivity index (χ1) is 9.72. The molecule has 0 aromatic heterocycles. The zero-order valence-electron chi connectivity index (χ0n) is 11.2. The molecule has 102 valence electrons. The van der Waals surface area contributed by atoms with Gasteiger partial charge in [-0.2, -0.15) is 0 Å². The minimum Gasteiger partial charge on any atom is -0.299 e. The van der Waals surface area contributed by atoms with Gasteiger partial charge in [0.2, 0.25) is 0 Å². The van der Waals surface area contributed by atoms with Crippen molar-refractivity contribution >= 4 is 21.7 Å². The van der Waals surface area contributed by atoms with E-state index in [2.05, 4.69) is 26.9 Å². The third kappa shape index (κ3) is 3.00. The second kappa shape index (κ2) is 5.90. The lowest BCUT2D eigenvalue weighted by molar-refractivity contribution is 0.103. The molecule has 1 heterocycles. The average Bonchev–Trinajstić information content (AvgIpc) is 2.43. The molecule has 0 radical (unpaired) electrons. The molecule has 0 atom stereocenters. The molecule has 20 heavy (non-hydrogen) atoms. The van der Waals surface area contributed by atoms with Gasteiger partial charge < -0.3 is 0 Å². The highest BCUT2D eigenvalue weighted by Crippen LogP contribution is 2.17. The Kier molecular flexibility index (Phi) is 3.99. The smallest absolute Gasteiger partial charge is 0.193 e. The summed E-state index contributed by atoms with van der Waals surface area (Å²) in [5.41, 5.74) is 2.72. The van der Waals surface area contributed by atoms with E-state index in [-0.39, 0.29) is 5.78 Å². The number of rotatable bonds is 4. The van der Waals surface area contributed by atoms with Crippen LogP contribution in [0.25, 0.3) is 0 Å². The van der Waals surface area contributed by atoms with Crippen LogP contribution in [-0.4, -0.2) is 23.8 Å². The van der Waals surface area contributed by atoms with Crippen LogP contribution in [-0.2, 0) is 6.54 Å².